The SMILES string of the molecule is CN([C@H]1CCCN(Cc2cnn(C)c2)CC1)S(=O)(=O)Cc1ccccc1. The summed E-state index contributed by atoms with van der Waals surface area (Å²) in [4.78, 5) is 2.40. The first kappa shape index (κ1) is 19.1. The number of aryl methyl sites for hydroxylation is 1. The summed E-state index contributed by atoms with van der Waals surface area (Å²) in [5, 5.41) is 4.22. The molecule has 6 nitrogen and oxygen atoms in total. The van der Waals surface area contributed by atoms with Crippen LogP contribution in [-0.4, -0.2) is 53.6 Å². The zero-order chi connectivity index (χ0) is 18.6. The molecule has 0 spiro atoms. The largest absolute Gasteiger partial charge is 0.299 e. The van der Waals surface area contributed by atoms with Crippen LogP contribution in [0.25, 0.3) is 0 Å². The molecular weight excluding hydrogens is 348 g/mol. The average Bonchev–Trinajstić information content (AvgIpc) is 2.88. The van der Waals surface area contributed by atoms with Crippen molar-refractivity contribution in [3.05, 3.63) is 53.9 Å². The Kier molecular flexibility index (Phi) is 6.11. The highest BCUT2D eigenvalue weighted by atomic mass is 32.2. The van der Waals surface area contributed by atoms with E-state index in [9.17, 15) is 8.42 Å². The summed E-state index contributed by atoms with van der Waals surface area (Å²) in [5.74, 6) is 0.0697. The highest BCUT2D eigenvalue weighted by molar-refractivity contribution is 7.88. The van der Waals surface area contributed by atoms with E-state index in [1.165, 1.54) is 5.56 Å². The predicted molar refractivity (Wildman–Crippen MR) is 103 cm³/mol. The lowest BCUT2D eigenvalue weighted by Gasteiger charge is -2.26. The van der Waals surface area contributed by atoms with Gasteiger partial charge in [0.2, 0.25) is 10.0 Å². The number of nitrogens with zero attached hydrogens (tertiary/aromatic N) is 4. The molecule has 1 aliphatic heterocycles. The van der Waals surface area contributed by atoms with Crippen LogP contribution < -0.4 is 0 Å². The first-order valence-corrected chi connectivity index (χ1v) is 10.7. The van der Waals surface area contributed by atoms with E-state index in [2.05, 4.69) is 10.00 Å². The molecule has 3 rings (SSSR count). The number of benzene rings is 1. The van der Waals surface area contributed by atoms with Gasteiger partial charge in [-0.3, -0.25) is 9.58 Å². The molecule has 1 fully saturated rings. The Morgan fingerprint density at radius 3 is 2.62 bits per heavy atom. The van der Waals surface area contributed by atoms with Crippen LogP contribution >= 0.6 is 0 Å². The van der Waals surface area contributed by atoms with Crippen molar-refractivity contribution in [1.29, 1.82) is 0 Å². The van der Waals surface area contributed by atoms with Crippen molar-refractivity contribution >= 4 is 10.0 Å². The molecule has 0 bridgehead atoms. The molecule has 0 aliphatic carbocycles. The number of hydrogen-bond acceptors (Lipinski definition) is 4. The molecule has 1 aromatic heterocycles. The minimum absolute atomic E-state index is 0.0697. The van der Waals surface area contributed by atoms with Crippen molar-refractivity contribution in [3.63, 3.8) is 0 Å². The maximum atomic E-state index is 12.8. The van der Waals surface area contributed by atoms with Crippen molar-refractivity contribution in [2.45, 2.75) is 37.6 Å². The van der Waals surface area contributed by atoms with E-state index in [0.717, 1.165) is 44.5 Å². The van der Waals surface area contributed by atoms with Gasteiger partial charge in [0.15, 0.2) is 0 Å². The third-order valence-corrected chi connectivity index (χ3v) is 6.97. The Labute approximate surface area is 156 Å². The fraction of sp³-hybridized carbons (Fsp3) is 0.526. The number of sulfonamides is 1. The van der Waals surface area contributed by atoms with E-state index in [4.69, 9.17) is 0 Å². The van der Waals surface area contributed by atoms with Crippen molar-refractivity contribution < 1.29 is 8.42 Å². The minimum Gasteiger partial charge on any atom is -0.299 e. The van der Waals surface area contributed by atoms with Crippen LogP contribution in [0.15, 0.2) is 42.7 Å². The second-order valence-corrected chi connectivity index (χ2v) is 9.17. The summed E-state index contributed by atoms with van der Waals surface area (Å²) < 4.78 is 29.0. The van der Waals surface area contributed by atoms with E-state index in [1.54, 1.807) is 11.4 Å². The third-order valence-electron chi connectivity index (χ3n) is 5.10. The average molecular weight is 377 g/mol. The van der Waals surface area contributed by atoms with Crippen LogP contribution in [0.3, 0.4) is 0 Å². The normalized spacial score (nSPS) is 19.6. The van der Waals surface area contributed by atoms with Gasteiger partial charge in [0.05, 0.1) is 11.9 Å². The third kappa shape index (κ3) is 4.93. The lowest BCUT2D eigenvalue weighted by atomic mass is 10.1. The molecule has 1 saturated heterocycles. The first-order valence-electron chi connectivity index (χ1n) is 9.13. The molecule has 0 unspecified atom stereocenters. The molecular formula is C19H28N4O2S. The summed E-state index contributed by atoms with van der Waals surface area (Å²) in [6.45, 7) is 2.78. The second-order valence-electron chi connectivity index (χ2n) is 7.14. The van der Waals surface area contributed by atoms with Crippen LogP contribution in [0.2, 0.25) is 0 Å². The van der Waals surface area contributed by atoms with E-state index >= 15 is 0 Å². The maximum Gasteiger partial charge on any atom is 0.218 e. The molecule has 26 heavy (non-hydrogen) atoms. The molecule has 1 aromatic carbocycles. The van der Waals surface area contributed by atoms with E-state index in [1.807, 2.05) is 54.5 Å². The van der Waals surface area contributed by atoms with Gasteiger partial charge >= 0.3 is 0 Å². The van der Waals surface area contributed by atoms with Crippen LogP contribution in [0.4, 0.5) is 0 Å². The number of aromatic nitrogens is 2. The van der Waals surface area contributed by atoms with Crippen LogP contribution in [-0.2, 0) is 29.4 Å². The molecule has 1 atom stereocenters. The molecule has 0 amide bonds. The van der Waals surface area contributed by atoms with Crippen LogP contribution in [0.1, 0.15) is 30.4 Å². The fourth-order valence-corrected chi connectivity index (χ4v) is 5.07. The van der Waals surface area contributed by atoms with Crippen molar-refractivity contribution in [2.24, 2.45) is 7.05 Å². The molecule has 2 heterocycles. The molecule has 0 N–H and O–H groups in total. The number of hydrogen-bond donors (Lipinski definition) is 0. The number of likely N-dealkylation sites (tertiary alicyclic amines) is 1. The van der Waals surface area contributed by atoms with Crippen molar-refractivity contribution in [1.82, 2.24) is 19.0 Å². The Morgan fingerprint density at radius 1 is 1.15 bits per heavy atom. The van der Waals surface area contributed by atoms with Gasteiger partial charge < -0.3 is 0 Å². The van der Waals surface area contributed by atoms with Crippen molar-refractivity contribution in [3.8, 4) is 0 Å². The van der Waals surface area contributed by atoms with Crippen LogP contribution in [0.5, 0.6) is 0 Å². The Bertz CT molecular complexity index is 804. The van der Waals surface area contributed by atoms with E-state index < -0.39 is 10.0 Å². The summed E-state index contributed by atoms with van der Waals surface area (Å²) in [7, 11) is 0.360. The van der Waals surface area contributed by atoms with Gasteiger partial charge in [-0.2, -0.15) is 5.10 Å². The van der Waals surface area contributed by atoms with Crippen LogP contribution in [0, 0.1) is 0 Å². The molecule has 2 aromatic rings. The van der Waals surface area contributed by atoms with Gasteiger partial charge in [0, 0.05) is 45.0 Å². The minimum atomic E-state index is -3.30. The topological polar surface area (TPSA) is 58.4 Å². The van der Waals surface area contributed by atoms with Gasteiger partial charge in [0.1, 0.15) is 0 Å². The fourth-order valence-electron chi connectivity index (χ4n) is 3.59. The molecule has 142 valence electrons. The molecule has 0 radical (unpaired) electrons. The standard InChI is InChI=1S/C19H28N4O2S/c1-21-14-18(13-20-21)15-23-11-6-9-19(10-12-23)22(2)26(24,25)16-17-7-4-3-5-8-17/h3-5,7-8,13-14,19H,6,9-12,15-16H2,1-2H3/t19-/m0/s1. The zero-order valence-corrected chi connectivity index (χ0v) is 16.4. The lowest BCUT2D eigenvalue weighted by Crippen LogP contribution is -2.38. The van der Waals surface area contributed by atoms with Gasteiger partial charge in [-0.05, 0) is 31.4 Å². The molecule has 1 aliphatic rings. The summed E-state index contributed by atoms with van der Waals surface area (Å²) in [6, 6.07) is 9.48. The smallest absolute Gasteiger partial charge is 0.218 e. The Balaban J connectivity index is 1.59. The van der Waals surface area contributed by atoms with Gasteiger partial charge in [-0.15, -0.1) is 0 Å². The summed E-state index contributed by atoms with van der Waals surface area (Å²) in [5.41, 5.74) is 2.04. The second kappa shape index (κ2) is 8.33. The maximum absolute atomic E-state index is 12.8. The zero-order valence-electron chi connectivity index (χ0n) is 15.6. The van der Waals surface area contributed by atoms with Gasteiger partial charge in [-0.25, -0.2) is 12.7 Å². The van der Waals surface area contributed by atoms with Crippen molar-refractivity contribution in [2.75, 3.05) is 20.1 Å². The Hall–Kier alpha value is -1.70. The summed E-state index contributed by atoms with van der Waals surface area (Å²) >= 11 is 0. The lowest BCUT2D eigenvalue weighted by molar-refractivity contribution is 0.266. The predicted octanol–water partition coefficient (Wildman–Crippen LogP) is 2.24. The molecule has 7 heteroatoms. The Morgan fingerprint density at radius 2 is 1.92 bits per heavy atom. The molecule has 0 saturated carbocycles. The summed E-state index contributed by atoms with van der Waals surface area (Å²) in [6.07, 6.45) is 6.73. The van der Waals surface area contributed by atoms with E-state index in [-0.39, 0.29) is 11.8 Å². The highest BCUT2D eigenvalue weighted by Gasteiger charge is 2.28. The van der Waals surface area contributed by atoms with E-state index in [0.29, 0.717) is 0 Å². The highest BCUT2D eigenvalue weighted by Crippen LogP contribution is 2.21. The van der Waals surface area contributed by atoms with Gasteiger partial charge in [0.25, 0.3) is 0 Å². The quantitative estimate of drug-likeness (QED) is 0.776. The monoisotopic (exact) mass is 376 g/mol. The number of rotatable bonds is 6. The van der Waals surface area contributed by atoms with Gasteiger partial charge in [-0.1, -0.05) is 30.3 Å². The first-order chi connectivity index (χ1) is 12.4.